The highest BCUT2D eigenvalue weighted by Gasteiger charge is 2.15. The predicted octanol–water partition coefficient (Wildman–Crippen LogP) is 4.02. The molecule has 3 rings (SSSR count). The van der Waals surface area contributed by atoms with Gasteiger partial charge >= 0.3 is 0 Å². The van der Waals surface area contributed by atoms with Crippen molar-refractivity contribution in [3.05, 3.63) is 42.0 Å². The molecule has 0 saturated carbocycles. The first-order chi connectivity index (χ1) is 9.38. The Bertz CT molecular complexity index is 624. The zero-order valence-corrected chi connectivity index (χ0v) is 11.5. The monoisotopic (exact) mass is 268 g/mol. The molecule has 0 spiro atoms. The number of fused-ring (bicyclic) bond motifs is 1. The van der Waals surface area contributed by atoms with Gasteiger partial charge in [-0.1, -0.05) is 24.3 Å². The van der Waals surface area contributed by atoms with Gasteiger partial charge < -0.3 is 5.32 Å². The van der Waals surface area contributed by atoms with Gasteiger partial charge in [0.2, 0.25) is 0 Å². The average molecular weight is 268 g/mol. The fraction of sp³-hybridized carbons (Fsp3) is 0.312. The van der Waals surface area contributed by atoms with E-state index in [-0.39, 0.29) is 0 Å². The maximum Gasteiger partial charge on any atom is 0.0998 e. The number of nitrogens with zero attached hydrogens (tertiary/aromatic N) is 1. The van der Waals surface area contributed by atoms with E-state index in [0.717, 1.165) is 33.8 Å². The van der Waals surface area contributed by atoms with Crippen LogP contribution in [0.3, 0.4) is 0 Å². The molecule has 19 heavy (non-hydrogen) atoms. The third-order valence-corrected chi connectivity index (χ3v) is 4.99. The van der Waals surface area contributed by atoms with Gasteiger partial charge in [-0.15, -0.1) is 0 Å². The zero-order valence-electron chi connectivity index (χ0n) is 10.7. The summed E-state index contributed by atoms with van der Waals surface area (Å²) in [5, 5.41) is 15.6. The van der Waals surface area contributed by atoms with E-state index in [1.807, 2.05) is 30.3 Å². The number of anilines is 1. The fourth-order valence-corrected chi connectivity index (χ4v) is 3.78. The topological polar surface area (TPSA) is 35.8 Å². The summed E-state index contributed by atoms with van der Waals surface area (Å²) in [6.07, 6.45) is 2.65. The molecular formula is C16H16N2S. The van der Waals surface area contributed by atoms with E-state index in [2.05, 4.69) is 29.2 Å². The van der Waals surface area contributed by atoms with Crippen LogP contribution in [0.2, 0.25) is 0 Å². The SMILES string of the molecule is N#Cc1ccc(NCC2CCCS2)c2ccccc12. The van der Waals surface area contributed by atoms with Crippen LogP contribution < -0.4 is 5.32 Å². The molecule has 0 amide bonds. The number of nitrogens with one attached hydrogen (secondary N) is 1. The second-order valence-electron chi connectivity index (χ2n) is 4.83. The van der Waals surface area contributed by atoms with Crippen molar-refractivity contribution in [1.29, 1.82) is 5.26 Å². The number of hydrogen-bond acceptors (Lipinski definition) is 3. The first kappa shape index (κ1) is 12.4. The third kappa shape index (κ3) is 2.54. The Morgan fingerprint density at radius 2 is 2.05 bits per heavy atom. The molecule has 1 heterocycles. The van der Waals surface area contributed by atoms with Crippen molar-refractivity contribution in [2.24, 2.45) is 0 Å². The minimum Gasteiger partial charge on any atom is -0.383 e. The van der Waals surface area contributed by atoms with Gasteiger partial charge in [-0.05, 0) is 30.7 Å². The zero-order chi connectivity index (χ0) is 13.1. The second-order valence-corrected chi connectivity index (χ2v) is 6.24. The summed E-state index contributed by atoms with van der Waals surface area (Å²) < 4.78 is 0. The number of nitriles is 1. The van der Waals surface area contributed by atoms with Crippen LogP contribution in [0.15, 0.2) is 36.4 Å². The van der Waals surface area contributed by atoms with Crippen LogP contribution in [-0.4, -0.2) is 17.5 Å². The molecule has 1 unspecified atom stereocenters. The van der Waals surface area contributed by atoms with Crippen molar-refractivity contribution in [2.45, 2.75) is 18.1 Å². The molecule has 96 valence electrons. The molecule has 3 heteroatoms. The van der Waals surface area contributed by atoms with Crippen LogP contribution in [0.25, 0.3) is 10.8 Å². The summed E-state index contributed by atoms with van der Waals surface area (Å²) >= 11 is 2.06. The predicted molar refractivity (Wildman–Crippen MR) is 82.6 cm³/mol. The summed E-state index contributed by atoms with van der Waals surface area (Å²) in [6.45, 7) is 1.01. The maximum atomic E-state index is 9.16. The van der Waals surface area contributed by atoms with Gasteiger partial charge in [0, 0.05) is 28.3 Å². The lowest BCUT2D eigenvalue weighted by Crippen LogP contribution is -2.13. The molecule has 0 radical (unpaired) electrons. The summed E-state index contributed by atoms with van der Waals surface area (Å²) in [5.74, 6) is 1.29. The van der Waals surface area contributed by atoms with Crippen LogP contribution in [0.1, 0.15) is 18.4 Å². The number of hydrogen-bond donors (Lipinski definition) is 1. The third-order valence-electron chi connectivity index (χ3n) is 3.59. The molecular weight excluding hydrogens is 252 g/mol. The Kier molecular flexibility index (Phi) is 3.61. The van der Waals surface area contributed by atoms with Gasteiger partial charge in [0.25, 0.3) is 0 Å². The minimum absolute atomic E-state index is 0.731. The summed E-state index contributed by atoms with van der Waals surface area (Å²) in [5.41, 5.74) is 1.89. The largest absolute Gasteiger partial charge is 0.383 e. The Labute approximate surface area is 117 Å². The second kappa shape index (κ2) is 5.54. The van der Waals surface area contributed by atoms with Crippen molar-refractivity contribution in [2.75, 3.05) is 17.6 Å². The molecule has 1 N–H and O–H groups in total. The lowest BCUT2D eigenvalue weighted by molar-refractivity contribution is 0.806. The van der Waals surface area contributed by atoms with E-state index in [1.54, 1.807) is 0 Å². The molecule has 0 bridgehead atoms. The minimum atomic E-state index is 0.731. The van der Waals surface area contributed by atoms with E-state index in [9.17, 15) is 0 Å². The number of thioether (sulfide) groups is 1. The normalized spacial score (nSPS) is 18.4. The van der Waals surface area contributed by atoms with Crippen molar-refractivity contribution >= 4 is 28.2 Å². The van der Waals surface area contributed by atoms with Gasteiger partial charge in [0.1, 0.15) is 0 Å². The smallest absolute Gasteiger partial charge is 0.0998 e. The Morgan fingerprint density at radius 1 is 1.21 bits per heavy atom. The van der Waals surface area contributed by atoms with E-state index < -0.39 is 0 Å². The molecule has 1 aliphatic heterocycles. The average Bonchev–Trinajstić information content (AvgIpc) is 2.98. The van der Waals surface area contributed by atoms with Gasteiger partial charge in [-0.25, -0.2) is 0 Å². The highest BCUT2D eigenvalue weighted by atomic mass is 32.2. The lowest BCUT2D eigenvalue weighted by atomic mass is 10.0. The quantitative estimate of drug-likeness (QED) is 0.913. The summed E-state index contributed by atoms with van der Waals surface area (Å²) in [4.78, 5) is 0. The molecule has 1 atom stereocenters. The standard InChI is InChI=1S/C16H16N2S/c17-10-12-7-8-16(15-6-2-1-5-14(12)15)18-11-13-4-3-9-19-13/h1-2,5-8,13,18H,3-4,9,11H2. The van der Waals surface area contributed by atoms with Crippen molar-refractivity contribution in [3.8, 4) is 6.07 Å². The maximum absolute atomic E-state index is 9.16. The van der Waals surface area contributed by atoms with Gasteiger partial charge in [-0.3, -0.25) is 0 Å². The lowest BCUT2D eigenvalue weighted by Gasteiger charge is -2.14. The van der Waals surface area contributed by atoms with E-state index >= 15 is 0 Å². The Hall–Kier alpha value is -1.66. The van der Waals surface area contributed by atoms with Gasteiger partial charge in [0.15, 0.2) is 0 Å². The van der Waals surface area contributed by atoms with Gasteiger partial charge in [0.05, 0.1) is 11.6 Å². The van der Waals surface area contributed by atoms with Gasteiger partial charge in [-0.2, -0.15) is 17.0 Å². The fourth-order valence-electron chi connectivity index (χ4n) is 2.58. The molecule has 0 aromatic heterocycles. The van der Waals surface area contributed by atoms with E-state index in [1.165, 1.54) is 18.6 Å². The molecule has 0 aliphatic carbocycles. The first-order valence-corrected chi connectivity index (χ1v) is 7.70. The molecule has 1 aliphatic rings. The summed E-state index contributed by atoms with van der Waals surface area (Å²) in [7, 11) is 0. The number of benzene rings is 2. The van der Waals surface area contributed by atoms with Crippen LogP contribution in [-0.2, 0) is 0 Å². The van der Waals surface area contributed by atoms with Crippen LogP contribution in [0.4, 0.5) is 5.69 Å². The Morgan fingerprint density at radius 3 is 2.79 bits per heavy atom. The van der Waals surface area contributed by atoms with Crippen LogP contribution in [0, 0.1) is 11.3 Å². The van der Waals surface area contributed by atoms with Crippen molar-refractivity contribution in [1.82, 2.24) is 0 Å². The summed E-state index contributed by atoms with van der Waals surface area (Å²) in [6, 6.07) is 14.3. The van der Waals surface area contributed by atoms with Crippen molar-refractivity contribution in [3.63, 3.8) is 0 Å². The molecule has 1 saturated heterocycles. The van der Waals surface area contributed by atoms with E-state index in [4.69, 9.17) is 5.26 Å². The highest BCUT2D eigenvalue weighted by molar-refractivity contribution is 8.00. The first-order valence-electron chi connectivity index (χ1n) is 6.66. The molecule has 1 fully saturated rings. The highest BCUT2D eigenvalue weighted by Crippen LogP contribution is 2.29. The van der Waals surface area contributed by atoms with E-state index in [0.29, 0.717) is 0 Å². The Balaban J connectivity index is 1.89. The van der Waals surface area contributed by atoms with Crippen LogP contribution >= 0.6 is 11.8 Å². The molecule has 2 nitrogen and oxygen atoms in total. The van der Waals surface area contributed by atoms with Crippen molar-refractivity contribution < 1.29 is 0 Å². The molecule has 2 aromatic carbocycles. The molecule has 2 aromatic rings. The number of rotatable bonds is 3. The van der Waals surface area contributed by atoms with Crippen LogP contribution in [0.5, 0.6) is 0 Å².